The molecule has 2 aliphatic carbocycles. The van der Waals surface area contributed by atoms with Gasteiger partial charge in [-0.05, 0) is 28.4 Å². The SMILES string of the molecule is CC(C)(C)S(C)(C)c1c(C=O)c2cccccc-2c1C=O. The Morgan fingerprint density at radius 1 is 0.857 bits per heavy atom. The van der Waals surface area contributed by atoms with Gasteiger partial charge < -0.3 is 0 Å². The van der Waals surface area contributed by atoms with Crippen LogP contribution in [0.1, 0.15) is 41.5 Å². The number of hydrogen-bond donors (Lipinski definition) is 0. The van der Waals surface area contributed by atoms with Crippen molar-refractivity contribution in [3.05, 3.63) is 41.5 Å². The molecule has 0 aromatic heterocycles. The summed E-state index contributed by atoms with van der Waals surface area (Å²) in [6.07, 6.45) is 6.18. The largest absolute Gasteiger partial charge is 0.298 e. The third-order valence-electron chi connectivity index (χ3n) is 4.38. The van der Waals surface area contributed by atoms with Crippen molar-refractivity contribution in [1.82, 2.24) is 0 Å². The maximum atomic E-state index is 11.7. The minimum atomic E-state index is -1.31. The second kappa shape index (κ2) is 5.30. The van der Waals surface area contributed by atoms with Gasteiger partial charge in [0.25, 0.3) is 0 Å². The second-order valence-corrected chi connectivity index (χ2v) is 10.9. The Morgan fingerprint density at radius 3 is 1.62 bits per heavy atom. The lowest BCUT2D eigenvalue weighted by molar-refractivity contribution is 0.112. The standard InChI is InChI=1S/C18H22O2S/c1-18(2,3)21(4,5)17-15(11-19)13-9-7-6-8-10-14(13)16(17)12-20/h6-12H,1-5H3. The maximum Gasteiger partial charge on any atom is 0.151 e. The topological polar surface area (TPSA) is 34.1 Å². The van der Waals surface area contributed by atoms with Crippen molar-refractivity contribution in [3.8, 4) is 11.1 Å². The van der Waals surface area contributed by atoms with Crippen LogP contribution >= 0.6 is 10.0 Å². The fraction of sp³-hybridized carbons (Fsp3) is 0.333. The first-order chi connectivity index (χ1) is 9.75. The van der Waals surface area contributed by atoms with Gasteiger partial charge in [0.15, 0.2) is 12.6 Å². The highest BCUT2D eigenvalue weighted by Gasteiger charge is 2.36. The lowest BCUT2D eigenvalue weighted by Crippen LogP contribution is -2.24. The summed E-state index contributed by atoms with van der Waals surface area (Å²) in [5.41, 5.74) is 3.10. The molecule has 0 unspecified atom stereocenters. The van der Waals surface area contributed by atoms with Crippen molar-refractivity contribution in [2.24, 2.45) is 0 Å². The van der Waals surface area contributed by atoms with E-state index >= 15 is 0 Å². The number of aldehydes is 2. The van der Waals surface area contributed by atoms with E-state index in [9.17, 15) is 9.59 Å². The zero-order chi connectivity index (χ0) is 15.8. The van der Waals surface area contributed by atoms with E-state index in [4.69, 9.17) is 0 Å². The third kappa shape index (κ3) is 2.40. The molecule has 0 aromatic carbocycles. The van der Waals surface area contributed by atoms with Crippen LogP contribution in [0.4, 0.5) is 0 Å². The highest BCUT2D eigenvalue weighted by Crippen LogP contribution is 2.63. The van der Waals surface area contributed by atoms with Crippen molar-refractivity contribution in [2.75, 3.05) is 12.5 Å². The van der Waals surface area contributed by atoms with Crippen LogP contribution in [0.2, 0.25) is 0 Å². The van der Waals surface area contributed by atoms with Crippen LogP contribution in [0.5, 0.6) is 0 Å². The zero-order valence-corrected chi connectivity index (χ0v) is 14.1. The molecule has 3 heteroatoms. The first-order valence-corrected chi connectivity index (χ1v) is 9.38. The van der Waals surface area contributed by atoms with E-state index in [2.05, 4.69) is 33.3 Å². The molecule has 0 fully saturated rings. The fourth-order valence-electron chi connectivity index (χ4n) is 2.50. The highest BCUT2D eigenvalue weighted by molar-refractivity contribution is 8.33. The van der Waals surface area contributed by atoms with E-state index in [0.717, 1.165) is 28.6 Å². The summed E-state index contributed by atoms with van der Waals surface area (Å²) >= 11 is 0. The Morgan fingerprint density at radius 2 is 1.29 bits per heavy atom. The Bertz CT molecular complexity index is 623. The number of rotatable bonds is 3. The van der Waals surface area contributed by atoms with Gasteiger partial charge in [0.1, 0.15) is 0 Å². The predicted octanol–water partition coefficient (Wildman–Crippen LogP) is 4.64. The lowest BCUT2D eigenvalue weighted by atomic mass is 10.1. The summed E-state index contributed by atoms with van der Waals surface area (Å²) in [5.74, 6) is 0. The van der Waals surface area contributed by atoms with Gasteiger partial charge in [-0.2, -0.15) is 0 Å². The van der Waals surface area contributed by atoms with Crippen LogP contribution in [0.25, 0.3) is 11.1 Å². The summed E-state index contributed by atoms with van der Waals surface area (Å²) in [7, 11) is -1.31. The quantitative estimate of drug-likeness (QED) is 0.774. The first kappa shape index (κ1) is 15.8. The van der Waals surface area contributed by atoms with Gasteiger partial charge in [0.2, 0.25) is 0 Å². The van der Waals surface area contributed by atoms with Gasteiger partial charge in [-0.25, -0.2) is 10.0 Å². The van der Waals surface area contributed by atoms with E-state index in [0.29, 0.717) is 11.1 Å². The average Bonchev–Trinajstić information content (AvgIpc) is 2.55. The molecule has 2 aliphatic rings. The number of carbonyl (C=O) groups excluding carboxylic acids is 2. The Balaban J connectivity index is 2.95. The smallest absolute Gasteiger partial charge is 0.151 e. The Hall–Kier alpha value is -1.61. The summed E-state index contributed by atoms with van der Waals surface area (Å²) < 4.78 is 0.00901. The van der Waals surface area contributed by atoms with Crippen molar-refractivity contribution in [2.45, 2.75) is 30.4 Å². The minimum Gasteiger partial charge on any atom is -0.298 e. The fourth-order valence-corrected chi connectivity index (χ4v) is 4.52. The molecule has 0 bridgehead atoms. The van der Waals surface area contributed by atoms with Crippen molar-refractivity contribution in [3.63, 3.8) is 0 Å². The van der Waals surface area contributed by atoms with Crippen molar-refractivity contribution >= 4 is 22.6 Å². The van der Waals surface area contributed by atoms with Crippen molar-refractivity contribution < 1.29 is 9.59 Å². The van der Waals surface area contributed by atoms with Crippen LogP contribution in [-0.2, 0) is 0 Å². The molecule has 0 aliphatic heterocycles. The normalized spacial score (nSPS) is 13.2. The molecule has 0 spiro atoms. The molecule has 21 heavy (non-hydrogen) atoms. The van der Waals surface area contributed by atoms with E-state index in [1.54, 1.807) is 0 Å². The van der Waals surface area contributed by atoms with Gasteiger partial charge in [-0.1, -0.05) is 51.1 Å². The summed E-state index contributed by atoms with van der Waals surface area (Å²) in [6, 6.07) is 9.58. The number of hydrogen-bond acceptors (Lipinski definition) is 2. The van der Waals surface area contributed by atoms with E-state index in [1.807, 2.05) is 30.3 Å². The van der Waals surface area contributed by atoms with E-state index in [1.165, 1.54) is 0 Å². The van der Waals surface area contributed by atoms with Crippen molar-refractivity contribution in [1.29, 1.82) is 0 Å². The molecule has 0 aromatic rings. The Kier molecular flexibility index (Phi) is 3.98. The molecule has 0 saturated heterocycles. The van der Waals surface area contributed by atoms with Crippen LogP contribution in [0, 0.1) is 0 Å². The zero-order valence-electron chi connectivity index (χ0n) is 13.3. The van der Waals surface area contributed by atoms with Gasteiger partial charge in [-0.3, -0.25) is 9.59 Å². The molecule has 0 amide bonds. The molecule has 0 saturated carbocycles. The highest BCUT2D eigenvalue weighted by atomic mass is 32.3. The summed E-state index contributed by atoms with van der Waals surface area (Å²) in [6.45, 7) is 6.51. The maximum absolute atomic E-state index is 11.7. The second-order valence-electron chi connectivity index (χ2n) is 6.57. The van der Waals surface area contributed by atoms with Gasteiger partial charge >= 0.3 is 0 Å². The molecule has 0 radical (unpaired) electrons. The molecular formula is C18H22O2S. The summed E-state index contributed by atoms with van der Waals surface area (Å²) in [5, 5.41) is 0. The molecule has 0 heterocycles. The van der Waals surface area contributed by atoms with Crippen LogP contribution < -0.4 is 0 Å². The molecule has 2 nitrogen and oxygen atoms in total. The van der Waals surface area contributed by atoms with Gasteiger partial charge in [0, 0.05) is 16.0 Å². The molecular weight excluding hydrogens is 280 g/mol. The number of fused-ring (bicyclic) bond motifs is 1. The molecule has 112 valence electrons. The monoisotopic (exact) mass is 302 g/mol. The Labute approximate surface area is 128 Å². The molecule has 2 rings (SSSR count). The minimum absolute atomic E-state index is 0.00901. The predicted molar refractivity (Wildman–Crippen MR) is 91.3 cm³/mol. The first-order valence-electron chi connectivity index (χ1n) is 6.93. The molecule has 0 N–H and O–H groups in total. The van der Waals surface area contributed by atoms with Gasteiger partial charge in [0.05, 0.1) is 0 Å². The molecule has 0 atom stereocenters. The van der Waals surface area contributed by atoms with Crippen LogP contribution in [0.3, 0.4) is 0 Å². The third-order valence-corrected chi connectivity index (χ3v) is 8.91. The average molecular weight is 302 g/mol. The van der Waals surface area contributed by atoms with E-state index < -0.39 is 10.0 Å². The van der Waals surface area contributed by atoms with Gasteiger partial charge in [-0.15, -0.1) is 0 Å². The summed E-state index contributed by atoms with van der Waals surface area (Å²) in [4.78, 5) is 24.4. The van der Waals surface area contributed by atoms with Crippen LogP contribution in [-0.4, -0.2) is 29.8 Å². The number of carbonyl (C=O) groups is 2. The van der Waals surface area contributed by atoms with E-state index in [-0.39, 0.29) is 4.75 Å². The lowest BCUT2D eigenvalue weighted by Gasteiger charge is -2.45. The van der Waals surface area contributed by atoms with Crippen LogP contribution in [0.15, 0.2) is 35.2 Å².